The molecule has 0 aliphatic heterocycles. The number of azo groups is 1. The SMILES string of the molecule is CC(C)(C)C1=CC(=CN=Nc2ccc([N+](=O)[O-])cc2)c2ccccc2C1=O. The molecule has 0 amide bonds. The fraction of sp³-hybridized carbons (Fsp3) is 0.190. The number of nitrogens with zero attached hydrogens (tertiary/aromatic N) is 3. The minimum atomic E-state index is -0.461. The van der Waals surface area contributed by atoms with Crippen LogP contribution in [0.5, 0.6) is 0 Å². The zero-order chi connectivity index (χ0) is 19.6. The largest absolute Gasteiger partial charge is 0.289 e. The number of allylic oxidation sites excluding steroid dienone is 3. The number of non-ortho nitro benzene ring substituents is 1. The molecule has 0 fully saturated rings. The van der Waals surface area contributed by atoms with Gasteiger partial charge < -0.3 is 0 Å². The van der Waals surface area contributed by atoms with Crippen LogP contribution >= 0.6 is 0 Å². The van der Waals surface area contributed by atoms with Gasteiger partial charge in [-0.25, -0.2) is 0 Å². The Morgan fingerprint density at radius 2 is 1.63 bits per heavy atom. The topological polar surface area (TPSA) is 84.9 Å². The summed E-state index contributed by atoms with van der Waals surface area (Å²) in [5, 5.41) is 18.9. The summed E-state index contributed by atoms with van der Waals surface area (Å²) in [6.45, 7) is 6.00. The Morgan fingerprint density at radius 1 is 1.00 bits per heavy atom. The molecule has 2 aromatic carbocycles. The molecule has 6 nitrogen and oxygen atoms in total. The lowest BCUT2D eigenvalue weighted by atomic mass is 9.76. The molecule has 0 heterocycles. The van der Waals surface area contributed by atoms with Crippen LogP contribution in [0.2, 0.25) is 0 Å². The molecule has 3 rings (SSSR count). The van der Waals surface area contributed by atoms with Crippen LogP contribution in [-0.2, 0) is 0 Å². The highest BCUT2D eigenvalue weighted by molar-refractivity contribution is 6.16. The number of carbonyl (C=O) groups is 1. The minimum Gasteiger partial charge on any atom is -0.289 e. The number of nitro benzene ring substituents is 1. The summed E-state index contributed by atoms with van der Waals surface area (Å²) in [7, 11) is 0. The van der Waals surface area contributed by atoms with Crippen molar-refractivity contribution in [2.24, 2.45) is 15.6 Å². The van der Waals surface area contributed by atoms with Crippen LogP contribution in [-0.4, -0.2) is 10.7 Å². The summed E-state index contributed by atoms with van der Waals surface area (Å²) >= 11 is 0. The van der Waals surface area contributed by atoms with Gasteiger partial charge in [-0.05, 0) is 29.2 Å². The van der Waals surface area contributed by atoms with Gasteiger partial charge in [-0.3, -0.25) is 14.9 Å². The van der Waals surface area contributed by atoms with Gasteiger partial charge in [0.05, 0.1) is 16.8 Å². The third-order valence-corrected chi connectivity index (χ3v) is 4.27. The molecule has 6 heteroatoms. The predicted octanol–water partition coefficient (Wildman–Crippen LogP) is 5.89. The summed E-state index contributed by atoms with van der Waals surface area (Å²) in [5.74, 6) is 0.0301. The standard InChI is InChI=1S/C21H19N3O3/c1-21(2,3)19-12-14(17-6-4-5-7-18(17)20(19)25)13-22-23-15-8-10-16(11-9-15)24(26)27/h4-13H,1-3H3. The zero-order valence-corrected chi connectivity index (χ0v) is 15.3. The van der Waals surface area contributed by atoms with Gasteiger partial charge in [-0.2, -0.15) is 10.2 Å². The van der Waals surface area contributed by atoms with Crippen LogP contribution in [0.15, 0.2) is 76.6 Å². The summed E-state index contributed by atoms with van der Waals surface area (Å²) in [4.78, 5) is 23.0. The fourth-order valence-electron chi connectivity index (χ4n) is 2.84. The van der Waals surface area contributed by atoms with E-state index in [0.717, 1.165) is 16.7 Å². The van der Waals surface area contributed by atoms with Gasteiger partial charge in [0.1, 0.15) is 0 Å². The van der Waals surface area contributed by atoms with Crippen LogP contribution in [0, 0.1) is 15.5 Å². The Bertz CT molecular complexity index is 994. The highest BCUT2D eigenvalue weighted by atomic mass is 16.6. The van der Waals surface area contributed by atoms with E-state index in [9.17, 15) is 14.9 Å². The highest BCUT2D eigenvalue weighted by Crippen LogP contribution is 2.37. The molecule has 0 spiro atoms. The first-order valence-corrected chi connectivity index (χ1v) is 8.49. The predicted molar refractivity (Wildman–Crippen MR) is 104 cm³/mol. The smallest absolute Gasteiger partial charge is 0.269 e. The number of rotatable bonds is 3. The van der Waals surface area contributed by atoms with Crippen molar-refractivity contribution in [1.82, 2.24) is 0 Å². The lowest BCUT2D eigenvalue weighted by Gasteiger charge is -2.27. The monoisotopic (exact) mass is 361 g/mol. The summed E-state index contributed by atoms with van der Waals surface area (Å²) < 4.78 is 0. The molecule has 0 radical (unpaired) electrons. The number of hydrogen-bond acceptors (Lipinski definition) is 5. The van der Waals surface area contributed by atoms with Crippen molar-refractivity contribution < 1.29 is 9.72 Å². The summed E-state index contributed by atoms with van der Waals surface area (Å²) in [5.41, 5.74) is 3.22. The number of carbonyl (C=O) groups excluding carboxylic acids is 1. The van der Waals surface area contributed by atoms with E-state index in [0.29, 0.717) is 11.3 Å². The van der Waals surface area contributed by atoms with Crippen LogP contribution in [0.1, 0.15) is 36.7 Å². The Hall–Kier alpha value is -3.41. The second kappa shape index (κ2) is 7.07. The first-order chi connectivity index (χ1) is 12.8. The maximum atomic E-state index is 12.8. The van der Waals surface area contributed by atoms with Gasteiger partial charge in [0, 0.05) is 28.8 Å². The van der Waals surface area contributed by atoms with Crippen molar-refractivity contribution >= 4 is 22.7 Å². The number of fused-ring (bicyclic) bond motifs is 1. The Balaban J connectivity index is 1.96. The van der Waals surface area contributed by atoms with E-state index in [1.807, 2.05) is 51.1 Å². The van der Waals surface area contributed by atoms with Crippen molar-refractivity contribution in [3.8, 4) is 0 Å². The molecule has 136 valence electrons. The van der Waals surface area contributed by atoms with E-state index >= 15 is 0 Å². The average molecular weight is 361 g/mol. The summed E-state index contributed by atoms with van der Waals surface area (Å²) in [6.07, 6.45) is 3.47. The van der Waals surface area contributed by atoms with Crippen LogP contribution in [0.3, 0.4) is 0 Å². The number of nitro groups is 1. The second-order valence-electron chi connectivity index (χ2n) is 7.26. The van der Waals surface area contributed by atoms with Gasteiger partial charge in [0.25, 0.3) is 5.69 Å². The third-order valence-electron chi connectivity index (χ3n) is 4.27. The number of benzene rings is 2. The third kappa shape index (κ3) is 3.89. The molecule has 1 aliphatic carbocycles. The first-order valence-electron chi connectivity index (χ1n) is 8.49. The molecule has 0 N–H and O–H groups in total. The van der Waals surface area contributed by atoms with Crippen molar-refractivity contribution in [3.05, 3.63) is 87.6 Å². The van der Waals surface area contributed by atoms with Crippen molar-refractivity contribution in [2.45, 2.75) is 20.8 Å². The number of Topliss-reactive ketones (excluding diaryl/α,β-unsaturated/α-hetero) is 1. The zero-order valence-electron chi connectivity index (χ0n) is 15.3. The van der Waals surface area contributed by atoms with Crippen LogP contribution in [0.4, 0.5) is 11.4 Å². The Labute approximate surface area is 157 Å². The quantitative estimate of drug-likeness (QED) is 0.388. The van der Waals surface area contributed by atoms with Crippen molar-refractivity contribution in [3.63, 3.8) is 0 Å². The van der Waals surface area contributed by atoms with Crippen LogP contribution in [0.25, 0.3) is 5.57 Å². The molecule has 2 aromatic rings. The van der Waals surface area contributed by atoms with E-state index in [-0.39, 0.29) is 16.9 Å². The molecule has 0 unspecified atom stereocenters. The van der Waals surface area contributed by atoms with E-state index in [4.69, 9.17) is 0 Å². The molecular weight excluding hydrogens is 342 g/mol. The van der Waals surface area contributed by atoms with Crippen LogP contribution < -0.4 is 0 Å². The van der Waals surface area contributed by atoms with Gasteiger partial charge in [-0.1, -0.05) is 45.0 Å². The normalized spacial score (nSPS) is 15.7. The highest BCUT2D eigenvalue weighted by Gasteiger charge is 2.30. The summed E-state index contributed by atoms with van der Waals surface area (Å²) in [6, 6.07) is 13.3. The average Bonchev–Trinajstić information content (AvgIpc) is 2.63. The molecule has 1 aliphatic rings. The minimum absolute atomic E-state index is 0.00442. The molecular formula is C21H19N3O3. The van der Waals surface area contributed by atoms with Gasteiger partial charge in [-0.15, -0.1) is 0 Å². The van der Waals surface area contributed by atoms with E-state index in [1.165, 1.54) is 24.3 Å². The molecule has 0 atom stereocenters. The Kier molecular flexibility index (Phi) is 4.81. The molecule has 0 saturated heterocycles. The molecule has 0 aromatic heterocycles. The van der Waals surface area contributed by atoms with Gasteiger partial charge in [0.2, 0.25) is 0 Å². The van der Waals surface area contributed by atoms with E-state index < -0.39 is 4.92 Å². The molecule has 0 bridgehead atoms. The van der Waals surface area contributed by atoms with E-state index in [1.54, 1.807) is 6.20 Å². The molecule has 27 heavy (non-hydrogen) atoms. The second-order valence-corrected chi connectivity index (χ2v) is 7.26. The maximum absolute atomic E-state index is 12.8. The van der Waals surface area contributed by atoms with Crippen molar-refractivity contribution in [2.75, 3.05) is 0 Å². The van der Waals surface area contributed by atoms with Gasteiger partial charge >= 0.3 is 0 Å². The Morgan fingerprint density at radius 3 is 2.22 bits per heavy atom. The number of ketones is 1. The first kappa shape index (κ1) is 18.4. The fourth-order valence-corrected chi connectivity index (χ4v) is 2.84. The molecule has 0 saturated carbocycles. The van der Waals surface area contributed by atoms with Crippen molar-refractivity contribution in [1.29, 1.82) is 0 Å². The number of hydrogen-bond donors (Lipinski definition) is 0. The van der Waals surface area contributed by atoms with E-state index in [2.05, 4.69) is 10.2 Å². The van der Waals surface area contributed by atoms with Gasteiger partial charge in [0.15, 0.2) is 5.78 Å². The lowest BCUT2D eigenvalue weighted by molar-refractivity contribution is -0.384. The lowest BCUT2D eigenvalue weighted by Crippen LogP contribution is -2.22. The maximum Gasteiger partial charge on any atom is 0.269 e.